The highest BCUT2D eigenvalue weighted by molar-refractivity contribution is 5.83. The molecule has 4 nitrogen and oxygen atoms in total. The van der Waals surface area contributed by atoms with E-state index in [1.54, 1.807) is 4.90 Å². The topological polar surface area (TPSA) is 52.6 Å². The summed E-state index contributed by atoms with van der Waals surface area (Å²) in [5, 5.41) is 12.6. The molecule has 0 unspecified atom stereocenters. The lowest BCUT2D eigenvalue weighted by atomic mass is 9.86. The van der Waals surface area contributed by atoms with Crippen LogP contribution in [0.3, 0.4) is 0 Å². The Morgan fingerprint density at radius 2 is 2.29 bits per heavy atom. The molecule has 4 heteroatoms. The lowest BCUT2D eigenvalue weighted by molar-refractivity contribution is -0.135. The summed E-state index contributed by atoms with van der Waals surface area (Å²) in [7, 11) is 0. The van der Waals surface area contributed by atoms with E-state index in [0.29, 0.717) is 26.1 Å². The van der Waals surface area contributed by atoms with Gasteiger partial charge in [0, 0.05) is 13.1 Å². The van der Waals surface area contributed by atoms with Gasteiger partial charge in [0.1, 0.15) is 0 Å². The zero-order valence-electron chi connectivity index (χ0n) is 10.9. The fourth-order valence-corrected chi connectivity index (χ4v) is 2.05. The van der Waals surface area contributed by atoms with Crippen LogP contribution in [0.25, 0.3) is 0 Å². The first-order chi connectivity index (χ1) is 7.86. The molecule has 0 bridgehead atoms. The third-order valence-corrected chi connectivity index (χ3v) is 3.00. The molecule has 0 spiro atoms. The maximum atomic E-state index is 12.3. The second-order valence-corrected chi connectivity index (χ2v) is 5.61. The van der Waals surface area contributed by atoms with Crippen molar-refractivity contribution in [2.45, 2.75) is 39.3 Å². The van der Waals surface area contributed by atoms with E-state index in [-0.39, 0.29) is 23.5 Å². The molecule has 1 rings (SSSR count). The molecule has 0 aromatic heterocycles. The Labute approximate surface area is 103 Å². The molecule has 2 atom stereocenters. The van der Waals surface area contributed by atoms with Crippen molar-refractivity contribution in [1.29, 1.82) is 0 Å². The smallest absolute Gasteiger partial charge is 0.240 e. The molecule has 1 amide bonds. The number of aliphatic hydroxyl groups is 1. The van der Waals surface area contributed by atoms with Crippen LogP contribution < -0.4 is 5.32 Å². The summed E-state index contributed by atoms with van der Waals surface area (Å²) in [4.78, 5) is 14.0. The van der Waals surface area contributed by atoms with E-state index in [2.05, 4.69) is 11.2 Å². The number of terminal acetylenes is 1. The number of hydrogen-bond donors (Lipinski definition) is 2. The molecule has 1 fully saturated rings. The van der Waals surface area contributed by atoms with E-state index in [1.807, 2.05) is 20.8 Å². The second-order valence-electron chi connectivity index (χ2n) is 5.61. The van der Waals surface area contributed by atoms with Crippen LogP contribution in [-0.2, 0) is 4.79 Å². The third-order valence-electron chi connectivity index (χ3n) is 3.00. The second kappa shape index (κ2) is 5.52. The van der Waals surface area contributed by atoms with E-state index in [9.17, 15) is 9.90 Å². The fourth-order valence-electron chi connectivity index (χ4n) is 2.05. The molecule has 0 radical (unpaired) electrons. The van der Waals surface area contributed by atoms with Gasteiger partial charge in [-0.3, -0.25) is 10.1 Å². The quantitative estimate of drug-likeness (QED) is 0.691. The maximum absolute atomic E-state index is 12.3. The maximum Gasteiger partial charge on any atom is 0.240 e. The van der Waals surface area contributed by atoms with E-state index in [4.69, 9.17) is 6.42 Å². The van der Waals surface area contributed by atoms with Gasteiger partial charge in [-0.15, -0.1) is 6.42 Å². The van der Waals surface area contributed by atoms with Crippen molar-refractivity contribution in [3.05, 3.63) is 0 Å². The van der Waals surface area contributed by atoms with E-state index >= 15 is 0 Å². The lowest BCUT2D eigenvalue weighted by Crippen LogP contribution is -2.52. The molecular formula is C13H22N2O2. The number of nitrogens with zero attached hydrogens (tertiary/aromatic N) is 1. The van der Waals surface area contributed by atoms with Gasteiger partial charge in [0.05, 0.1) is 18.7 Å². The van der Waals surface area contributed by atoms with Gasteiger partial charge in [0.25, 0.3) is 0 Å². The summed E-state index contributed by atoms with van der Waals surface area (Å²) < 4.78 is 0. The predicted octanol–water partition coefficient (Wildman–Crippen LogP) is 0.217. The first-order valence-corrected chi connectivity index (χ1v) is 6.00. The molecular weight excluding hydrogens is 216 g/mol. The molecule has 0 saturated carbocycles. The largest absolute Gasteiger partial charge is 0.391 e. The first-order valence-electron chi connectivity index (χ1n) is 6.00. The van der Waals surface area contributed by atoms with Gasteiger partial charge in [-0.2, -0.15) is 0 Å². The zero-order valence-corrected chi connectivity index (χ0v) is 10.9. The fraction of sp³-hybridized carbons (Fsp3) is 0.769. The van der Waals surface area contributed by atoms with Crippen LogP contribution >= 0.6 is 0 Å². The molecule has 17 heavy (non-hydrogen) atoms. The zero-order chi connectivity index (χ0) is 13.1. The number of carbonyl (C=O) groups excluding carboxylic acids is 1. The Hall–Kier alpha value is -1.05. The average Bonchev–Trinajstić information content (AvgIpc) is 2.63. The first kappa shape index (κ1) is 14.0. The van der Waals surface area contributed by atoms with Crippen molar-refractivity contribution in [1.82, 2.24) is 10.2 Å². The molecule has 96 valence electrons. The van der Waals surface area contributed by atoms with E-state index < -0.39 is 0 Å². The van der Waals surface area contributed by atoms with Gasteiger partial charge in [0.2, 0.25) is 5.91 Å². The van der Waals surface area contributed by atoms with Gasteiger partial charge in [-0.05, 0) is 11.8 Å². The minimum absolute atomic E-state index is 0.0318. The monoisotopic (exact) mass is 238 g/mol. The van der Waals surface area contributed by atoms with Crippen LogP contribution in [0.4, 0.5) is 0 Å². The number of aliphatic hydroxyl groups excluding tert-OH is 1. The van der Waals surface area contributed by atoms with E-state index in [0.717, 1.165) is 0 Å². The SMILES string of the molecule is C#CCN[C@H](C(=O)N1CC[C@@H](O)C1)C(C)(C)C. The lowest BCUT2D eigenvalue weighted by Gasteiger charge is -2.33. The van der Waals surface area contributed by atoms with Crippen LogP contribution in [0.5, 0.6) is 0 Å². The van der Waals surface area contributed by atoms with Crippen molar-refractivity contribution in [3.63, 3.8) is 0 Å². The number of carbonyl (C=O) groups is 1. The van der Waals surface area contributed by atoms with Gasteiger partial charge >= 0.3 is 0 Å². The Morgan fingerprint density at radius 3 is 2.71 bits per heavy atom. The third kappa shape index (κ3) is 3.72. The molecule has 1 heterocycles. The standard InChI is InChI=1S/C13H22N2O2/c1-5-7-14-11(13(2,3)4)12(17)15-8-6-10(16)9-15/h1,10-11,14,16H,6-9H2,2-4H3/t10-,11-/m1/s1. The highest BCUT2D eigenvalue weighted by atomic mass is 16.3. The number of amides is 1. The molecule has 1 saturated heterocycles. The van der Waals surface area contributed by atoms with Gasteiger partial charge < -0.3 is 10.0 Å². The van der Waals surface area contributed by atoms with Gasteiger partial charge in [0.15, 0.2) is 0 Å². The molecule has 1 aliphatic heterocycles. The van der Waals surface area contributed by atoms with Crippen LogP contribution in [0.15, 0.2) is 0 Å². The summed E-state index contributed by atoms with van der Waals surface area (Å²) in [5.41, 5.74) is -0.193. The minimum atomic E-state index is -0.382. The predicted molar refractivity (Wildman–Crippen MR) is 67.3 cm³/mol. The van der Waals surface area contributed by atoms with Crippen LogP contribution in [0.2, 0.25) is 0 Å². The average molecular weight is 238 g/mol. The van der Waals surface area contributed by atoms with Crippen molar-refractivity contribution in [2.75, 3.05) is 19.6 Å². The van der Waals surface area contributed by atoms with E-state index in [1.165, 1.54) is 0 Å². The minimum Gasteiger partial charge on any atom is -0.391 e. The molecule has 0 aromatic carbocycles. The molecule has 0 aromatic rings. The molecule has 1 aliphatic rings. The summed E-state index contributed by atoms with van der Waals surface area (Å²) in [6.45, 7) is 7.46. The molecule has 0 aliphatic carbocycles. The van der Waals surface area contributed by atoms with Crippen molar-refractivity contribution in [3.8, 4) is 12.3 Å². The summed E-state index contributed by atoms with van der Waals surface area (Å²) in [5.74, 6) is 2.53. The van der Waals surface area contributed by atoms with Crippen LogP contribution in [0, 0.1) is 17.8 Å². The van der Waals surface area contributed by atoms with Crippen LogP contribution in [-0.4, -0.2) is 47.7 Å². The Bertz CT molecular complexity index is 314. The number of hydrogen-bond acceptors (Lipinski definition) is 3. The van der Waals surface area contributed by atoms with Crippen molar-refractivity contribution in [2.24, 2.45) is 5.41 Å². The summed E-state index contributed by atoms with van der Waals surface area (Å²) >= 11 is 0. The van der Waals surface area contributed by atoms with Crippen LogP contribution in [0.1, 0.15) is 27.2 Å². The molecule has 2 N–H and O–H groups in total. The highest BCUT2D eigenvalue weighted by Crippen LogP contribution is 2.22. The summed E-state index contributed by atoms with van der Waals surface area (Å²) in [6.07, 6.45) is 5.50. The van der Waals surface area contributed by atoms with Crippen molar-refractivity contribution >= 4 is 5.91 Å². The number of nitrogens with one attached hydrogen (secondary N) is 1. The van der Waals surface area contributed by atoms with Gasteiger partial charge in [-0.1, -0.05) is 26.7 Å². The number of rotatable bonds is 3. The number of β-amino-alcohol motifs (C(OH)–C–C–N with tert-alkyl or cyclic N) is 1. The summed E-state index contributed by atoms with van der Waals surface area (Å²) in [6, 6.07) is -0.302. The normalized spacial score (nSPS) is 22.3. The number of likely N-dealkylation sites (tertiary alicyclic amines) is 1. The Kier molecular flexibility index (Phi) is 4.55. The van der Waals surface area contributed by atoms with Gasteiger partial charge in [-0.25, -0.2) is 0 Å². The Balaban J connectivity index is 2.70. The Morgan fingerprint density at radius 1 is 1.65 bits per heavy atom. The van der Waals surface area contributed by atoms with Crippen molar-refractivity contribution < 1.29 is 9.90 Å². The highest BCUT2D eigenvalue weighted by Gasteiger charge is 2.36.